The summed E-state index contributed by atoms with van der Waals surface area (Å²) in [4.78, 5) is 21.3. The van der Waals surface area contributed by atoms with Crippen LogP contribution in [0.5, 0.6) is 0 Å². The summed E-state index contributed by atoms with van der Waals surface area (Å²) < 4.78 is 10.4. The first-order valence-electron chi connectivity index (χ1n) is 7.98. The Morgan fingerprint density at radius 2 is 2.22 bits per heavy atom. The molecule has 0 saturated carbocycles. The Balaban J connectivity index is 1.56. The molecule has 7 nitrogen and oxygen atoms in total. The first kappa shape index (κ1) is 16.7. The zero-order chi connectivity index (χ0) is 16.3. The highest BCUT2D eigenvalue weighted by atomic mass is 32.2. The first-order chi connectivity index (χ1) is 11.2. The predicted octanol–water partition coefficient (Wildman–Crippen LogP) is 1.00. The van der Waals surface area contributed by atoms with Gasteiger partial charge in [-0.05, 0) is 25.6 Å². The molecule has 2 aliphatic heterocycles. The number of hydrogen-bond acceptors (Lipinski definition) is 7. The molecule has 1 spiro atoms. The summed E-state index contributed by atoms with van der Waals surface area (Å²) in [5.41, 5.74) is -0.212. The number of carbonyl (C=O) groups is 1. The number of thioether (sulfide) groups is 1. The van der Waals surface area contributed by atoms with Crippen LogP contribution in [0.25, 0.3) is 0 Å². The van der Waals surface area contributed by atoms with Gasteiger partial charge in [0.05, 0.1) is 24.3 Å². The van der Waals surface area contributed by atoms with E-state index in [0.717, 1.165) is 44.1 Å². The van der Waals surface area contributed by atoms with Crippen molar-refractivity contribution in [3.8, 4) is 0 Å². The molecule has 1 unspecified atom stereocenters. The van der Waals surface area contributed by atoms with Crippen molar-refractivity contribution in [3.05, 3.63) is 11.7 Å². The van der Waals surface area contributed by atoms with Gasteiger partial charge in [-0.25, -0.2) is 0 Å². The van der Waals surface area contributed by atoms with Gasteiger partial charge in [-0.1, -0.05) is 5.16 Å². The SMILES string of the molecule is COCCN1CCC2(CCN(Cc3nc(CSC)no3)C2)C1=O. The number of ether oxygens (including phenoxy) is 1. The lowest BCUT2D eigenvalue weighted by Crippen LogP contribution is -2.38. The molecule has 1 aromatic heterocycles. The lowest BCUT2D eigenvalue weighted by Gasteiger charge is -2.23. The number of methoxy groups -OCH3 is 1. The van der Waals surface area contributed by atoms with Crippen LogP contribution in [0.2, 0.25) is 0 Å². The molecule has 2 saturated heterocycles. The zero-order valence-electron chi connectivity index (χ0n) is 13.8. The molecule has 0 bridgehead atoms. The normalized spacial score (nSPS) is 25.1. The number of rotatable bonds is 7. The molecular weight excluding hydrogens is 316 g/mol. The molecule has 0 N–H and O–H groups in total. The Kier molecular flexibility index (Phi) is 5.23. The fourth-order valence-electron chi connectivity index (χ4n) is 3.51. The lowest BCUT2D eigenvalue weighted by atomic mass is 9.85. The van der Waals surface area contributed by atoms with Crippen molar-refractivity contribution in [2.75, 3.05) is 46.2 Å². The molecule has 128 valence electrons. The summed E-state index contributed by atoms with van der Waals surface area (Å²) in [5.74, 6) is 2.43. The maximum absolute atomic E-state index is 12.7. The second kappa shape index (κ2) is 7.19. The minimum atomic E-state index is -0.212. The van der Waals surface area contributed by atoms with E-state index in [1.54, 1.807) is 18.9 Å². The molecule has 2 fully saturated rings. The van der Waals surface area contributed by atoms with Gasteiger partial charge in [0.15, 0.2) is 5.82 Å². The van der Waals surface area contributed by atoms with Crippen molar-refractivity contribution in [1.82, 2.24) is 19.9 Å². The molecular formula is C15H24N4O3S. The van der Waals surface area contributed by atoms with Crippen molar-refractivity contribution in [2.24, 2.45) is 5.41 Å². The average Bonchev–Trinajstić information content (AvgIpc) is 3.22. The molecule has 3 heterocycles. The fourth-order valence-corrected chi connectivity index (χ4v) is 3.89. The van der Waals surface area contributed by atoms with Crippen molar-refractivity contribution in [3.63, 3.8) is 0 Å². The molecule has 1 atom stereocenters. The van der Waals surface area contributed by atoms with Crippen LogP contribution in [-0.4, -0.2) is 72.0 Å². The largest absolute Gasteiger partial charge is 0.383 e. The third-order valence-corrected chi connectivity index (χ3v) is 5.29. The second-order valence-corrected chi connectivity index (χ2v) is 7.18. The van der Waals surface area contributed by atoms with E-state index < -0.39 is 0 Å². The third-order valence-electron chi connectivity index (χ3n) is 4.74. The van der Waals surface area contributed by atoms with Crippen molar-refractivity contribution >= 4 is 17.7 Å². The summed E-state index contributed by atoms with van der Waals surface area (Å²) >= 11 is 1.67. The van der Waals surface area contributed by atoms with Crippen LogP contribution < -0.4 is 0 Å². The minimum absolute atomic E-state index is 0.212. The van der Waals surface area contributed by atoms with Crippen LogP contribution in [0.1, 0.15) is 24.6 Å². The summed E-state index contributed by atoms with van der Waals surface area (Å²) in [5, 5.41) is 3.98. The van der Waals surface area contributed by atoms with Crippen LogP contribution in [-0.2, 0) is 21.8 Å². The highest BCUT2D eigenvalue weighted by Crippen LogP contribution is 2.40. The Labute approximate surface area is 140 Å². The van der Waals surface area contributed by atoms with E-state index in [1.165, 1.54) is 0 Å². The van der Waals surface area contributed by atoms with E-state index >= 15 is 0 Å². The molecule has 3 rings (SSSR count). The summed E-state index contributed by atoms with van der Waals surface area (Å²) in [6.07, 6.45) is 3.87. The van der Waals surface area contributed by atoms with Crippen molar-refractivity contribution < 1.29 is 14.1 Å². The topological polar surface area (TPSA) is 71.7 Å². The fraction of sp³-hybridized carbons (Fsp3) is 0.800. The number of likely N-dealkylation sites (tertiary alicyclic amines) is 2. The first-order valence-corrected chi connectivity index (χ1v) is 9.37. The van der Waals surface area contributed by atoms with Crippen LogP contribution in [0.3, 0.4) is 0 Å². The number of nitrogens with zero attached hydrogens (tertiary/aromatic N) is 4. The summed E-state index contributed by atoms with van der Waals surface area (Å²) in [7, 11) is 1.67. The minimum Gasteiger partial charge on any atom is -0.383 e. The number of amides is 1. The van der Waals surface area contributed by atoms with Gasteiger partial charge < -0.3 is 14.2 Å². The van der Waals surface area contributed by atoms with Gasteiger partial charge in [0, 0.05) is 26.7 Å². The van der Waals surface area contributed by atoms with Gasteiger partial charge in [0.1, 0.15) is 0 Å². The lowest BCUT2D eigenvalue weighted by molar-refractivity contribution is -0.136. The highest BCUT2D eigenvalue weighted by molar-refractivity contribution is 7.97. The van der Waals surface area contributed by atoms with Crippen LogP contribution >= 0.6 is 11.8 Å². The number of carbonyl (C=O) groups excluding carboxylic acids is 1. The summed E-state index contributed by atoms with van der Waals surface area (Å²) in [6.45, 7) is 4.47. The Hall–Kier alpha value is -1.12. The summed E-state index contributed by atoms with van der Waals surface area (Å²) in [6, 6.07) is 0. The molecule has 23 heavy (non-hydrogen) atoms. The van der Waals surface area contributed by atoms with Crippen molar-refractivity contribution in [1.29, 1.82) is 0 Å². The maximum Gasteiger partial charge on any atom is 0.240 e. The van der Waals surface area contributed by atoms with E-state index in [2.05, 4.69) is 15.0 Å². The zero-order valence-corrected chi connectivity index (χ0v) is 14.6. The van der Waals surface area contributed by atoms with E-state index in [-0.39, 0.29) is 11.3 Å². The Bertz CT molecular complexity index is 553. The molecule has 0 aliphatic carbocycles. The third kappa shape index (κ3) is 3.54. The van der Waals surface area contributed by atoms with E-state index in [0.29, 0.717) is 25.6 Å². The average molecular weight is 340 g/mol. The Morgan fingerprint density at radius 1 is 1.39 bits per heavy atom. The highest BCUT2D eigenvalue weighted by Gasteiger charge is 2.50. The van der Waals surface area contributed by atoms with Crippen LogP contribution in [0.15, 0.2) is 4.52 Å². The van der Waals surface area contributed by atoms with Gasteiger partial charge in [0.2, 0.25) is 11.8 Å². The molecule has 0 radical (unpaired) electrons. The Morgan fingerprint density at radius 3 is 3.00 bits per heavy atom. The molecule has 1 amide bonds. The van der Waals surface area contributed by atoms with E-state index in [9.17, 15) is 4.79 Å². The van der Waals surface area contributed by atoms with Gasteiger partial charge in [-0.15, -0.1) is 0 Å². The van der Waals surface area contributed by atoms with Crippen LogP contribution in [0, 0.1) is 5.41 Å². The van der Waals surface area contributed by atoms with Gasteiger partial charge >= 0.3 is 0 Å². The monoisotopic (exact) mass is 340 g/mol. The predicted molar refractivity (Wildman–Crippen MR) is 86.9 cm³/mol. The van der Waals surface area contributed by atoms with Gasteiger partial charge in [0.25, 0.3) is 0 Å². The maximum atomic E-state index is 12.7. The van der Waals surface area contributed by atoms with E-state index in [1.807, 2.05) is 11.2 Å². The molecule has 1 aromatic rings. The standard InChI is InChI=1S/C15H24N4O3S/c1-21-8-7-19-6-4-15(14(19)20)3-5-18(11-15)9-13-16-12(10-23-2)17-22-13/h3-11H2,1-2H3. The van der Waals surface area contributed by atoms with Gasteiger partial charge in [-0.2, -0.15) is 16.7 Å². The molecule has 8 heteroatoms. The van der Waals surface area contributed by atoms with E-state index in [4.69, 9.17) is 9.26 Å². The van der Waals surface area contributed by atoms with Gasteiger partial charge in [-0.3, -0.25) is 9.69 Å². The second-order valence-electron chi connectivity index (χ2n) is 6.31. The number of aromatic nitrogens is 2. The molecule has 2 aliphatic rings. The smallest absolute Gasteiger partial charge is 0.240 e. The van der Waals surface area contributed by atoms with Crippen LogP contribution in [0.4, 0.5) is 0 Å². The van der Waals surface area contributed by atoms with Crippen molar-refractivity contribution in [2.45, 2.75) is 25.1 Å². The number of hydrogen-bond donors (Lipinski definition) is 0. The quantitative estimate of drug-likeness (QED) is 0.733. The molecule has 0 aromatic carbocycles.